The Balaban J connectivity index is 2.87. The maximum Gasteiger partial charge on any atom is 0.468 e. The molecule has 13 heavy (non-hydrogen) atoms. The highest BCUT2D eigenvalue weighted by atomic mass is 79.9. The highest BCUT2D eigenvalue weighted by Gasteiger charge is 1.91. The van der Waals surface area contributed by atoms with Gasteiger partial charge in [-0.05, 0) is 19.3 Å². The van der Waals surface area contributed by atoms with Gasteiger partial charge in [0, 0.05) is 0 Å². The maximum atomic E-state index is 3.59. The van der Waals surface area contributed by atoms with Crippen molar-refractivity contribution in [1.29, 1.82) is 0 Å². The average molecular weight is 257 g/mol. The summed E-state index contributed by atoms with van der Waals surface area (Å²) in [6.07, 6.45) is 14.3. The molecule has 0 aromatic carbocycles. The van der Waals surface area contributed by atoms with E-state index in [1.165, 1.54) is 49.5 Å². The van der Waals surface area contributed by atoms with Gasteiger partial charge in [-0.3, -0.25) is 0 Å². The number of allylic oxidation sites excluding steroid dienone is 2. The molecule has 0 bridgehead atoms. The minimum atomic E-state index is 0.165. The zero-order chi connectivity index (χ0) is 9.78. The molecule has 74 valence electrons. The highest BCUT2D eigenvalue weighted by molar-refractivity contribution is 9.23. The molecule has 0 fully saturated rings. The minimum absolute atomic E-state index is 0.165. The van der Waals surface area contributed by atoms with E-state index in [0.29, 0.717) is 0 Å². The molecule has 0 radical (unpaired) electrons. The molecule has 0 saturated heterocycles. The van der Waals surface area contributed by atoms with Gasteiger partial charge in [0.1, 0.15) is 0 Å². The van der Waals surface area contributed by atoms with E-state index in [1.54, 1.807) is 0 Å². The maximum absolute atomic E-state index is 3.59. The molecule has 0 atom stereocenters. The van der Waals surface area contributed by atoms with E-state index in [-0.39, 0.29) is 18.2 Å². The van der Waals surface area contributed by atoms with Crippen molar-refractivity contribution in [3.63, 3.8) is 0 Å². The lowest BCUT2D eigenvalue weighted by molar-refractivity contribution is 0.637. The van der Waals surface area contributed by atoms with Crippen LogP contribution in [0.2, 0.25) is 4.55 Å². The van der Waals surface area contributed by atoms with Crippen molar-refractivity contribution in [2.24, 2.45) is 0 Å². The van der Waals surface area contributed by atoms with Gasteiger partial charge in [0.05, 0.1) is 0 Å². The van der Waals surface area contributed by atoms with Gasteiger partial charge >= 0.3 is 18.2 Å². The van der Waals surface area contributed by atoms with Crippen LogP contribution >= 0.6 is 12.9 Å². The third-order valence-electron chi connectivity index (χ3n) is 2.16. The summed E-state index contributed by atoms with van der Waals surface area (Å²) in [7, 11) is 0. The van der Waals surface area contributed by atoms with Gasteiger partial charge in [-0.1, -0.05) is 44.8 Å². The van der Waals surface area contributed by atoms with E-state index in [9.17, 15) is 0 Å². The Labute approximate surface area is 99.2 Å². The lowest BCUT2D eigenvalue weighted by atomic mass is 10.1. The zero-order valence-electron chi connectivity index (χ0n) is 8.90. The SMILES string of the molecule is CC/C=C\CCCCCC[CH2][Mg][Br]. The van der Waals surface area contributed by atoms with Crippen molar-refractivity contribution >= 4 is 31.1 Å². The first-order valence-corrected chi connectivity index (χ1v) is 10.5. The van der Waals surface area contributed by atoms with Gasteiger partial charge < -0.3 is 12.9 Å². The lowest BCUT2D eigenvalue weighted by Crippen LogP contribution is -1.80. The van der Waals surface area contributed by atoms with Crippen LogP contribution in [0.4, 0.5) is 0 Å². The van der Waals surface area contributed by atoms with Gasteiger partial charge in [-0.15, -0.1) is 4.55 Å². The van der Waals surface area contributed by atoms with Crippen molar-refractivity contribution in [1.82, 2.24) is 0 Å². The van der Waals surface area contributed by atoms with Crippen molar-refractivity contribution in [3.8, 4) is 0 Å². The summed E-state index contributed by atoms with van der Waals surface area (Å²) in [6.45, 7) is 2.20. The number of rotatable bonds is 9. The van der Waals surface area contributed by atoms with Crippen LogP contribution in [0.15, 0.2) is 12.2 Å². The monoisotopic (exact) mass is 256 g/mol. The van der Waals surface area contributed by atoms with Crippen LogP contribution in [0.3, 0.4) is 0 Å². The smallest absolute Gasteiger partial charge is 0.307 e. The largest absolute Gasteiger partial charge is 0.468 e. The lowest BCUT2D eigenvalue weighted by Gasteiger charge is -1.98. The molecule has 0 aromatic rings. The van der Waals surface area contributed by atoms with E-state index in [1.807, 2.05) is 0 Å². The fourth-order valence-corrected chi connectivity index (χ4v) is 3.08. The number of hydrogen-bond donors (Lipinski definition) is 0. The summed E-state index contributed by atoms with van der Waals surface area (Å²) in [5.74, 6) is 0. The van der Waals surface area contributed by atoms with E-state index >= 15 is 0 Å². The quantitative estimate of drug-likeness (QED) is 0.318. The van der Waals surface area contributed by atoms with Crippen LogP contribution in [-0.4, -0.2) is 18.2 Å². The first-order chi connectivity index (χ1) is 6.41. The average Bonchev–Trinajstić information content (AvgIpc) is 2.16. The second-order valence-corrected chi connectivity index (χ2v) is 6.94. The molecule has 0 aromatic heterocycles. The molecule has 2 heteroatoms. The fraction of sp³-hybridized carbons (Fsp3) is 0.818. The van der Waals surface area contributed by atoms with E-state index in [0.717, 1.165) is 0 Å². The van der Waals surface area contributed by atoms with Gasteiger partial charge in [0.25, 0.3) is 0 Å². The Morgan fingerprint density at radius 2 is 1.69 bits per heavy atom. The number of unbranched alkanes of at least 4 members (excludes halogenated alkanes) is 5. The third kappa shape index (κ3) is 13.0. The zero-order valence-corrected chi connectivity index (χ0v) is 11.9. The van der Waals surface area contributed by atoms with Crippen LogP contribution < -0.4 is 0 Å². The normalized spacial score (nSPS) is 10.6. The molecule has 0 amide bonds. The summed E-state index contributed by atoms with van der Waals surface area (Å²) >= 11 is 3.75. The molecule has 0 rings (SSSR count). The first-order valence-electron chi connectivity index (χ1n) is 5.62. The third-order valence-corrected chi connectivity index (χ3v) is 4.61. The standard InChI is InChI=1S/C11H21.BrH.Mg/c1-3-5-7-9-11-10-8-6-4-2;;/h6,8H,1,3-5,7,9-11H2,2H3;1H;/q;;+1/p-1/b8-6-;;. The molecule has 0 spiro atoms. The van der Waals surface area contributed by atoms with E-state index < -0.39 is 0 Å². The Bertz CT molecular complexity index is 113. The molecule has 0 nitrogen and oxygen atoms in total. The van der Waals surface area contributed by atoms with Crippen molar-refractivity contribution in [2.75, 3.05) is 0 Å². The number of halogens is 1. The predicted molar refractivity (Wildman–Crippen MR) is 66.6 cm³/mol. The van der Waals surface area contributed by atoms with Crippen LogP contribution in [0, 0.1) is 0 Å². The molecule has 0 aliphatic heterocycles. The van der Waals surface area contributed by atoms with Gasteiger partial charge in [-0.25, -0.2) is 0 Å². The Hall–Kier alpha value is 0.986. The summed E-state index contributed by atoms with van der Waals surface area (Å²) in [5, 5.41) is 0. The molecule has 0 unspecified atom stereocenters. The van der Waals surface area contributed by atoms with Crippen molar-refractivity contribution < 1.29 is 0 Å². The fourth-order valence-electron chi connectivity index (χ4n) is 1.35. The summed E-state index contributed by atoms with van der Waals surface area (Å²) in [5.41, 5.74) is 0. The molecule has 0 heterocycles. The first kappa shape index (κ1) is 14.0. The molecular weight excluding hydrogens is 236 g/mol. The Kier molecular flexibility index (Phi) is 14.0. The van der Waals surface area contributed by atoms with Gasteiger partial charge in [0.15, 0.2) is 0 Å². The highest BCUT2D eigenvalue weighted by Crippen LogP contribution is 2.08. The van der Waals surface area contributed by atoms with Crippen LogP contribution in [0.5, 0.6) is 0 Å². The second kappa shape index (κ2) is 13.0. The summed E-state index contributed by atoms with van der Waals surface area (Å²) < 4.78 is 1.48. The summed E-state index contributed by atoms with van der Waals surface area (Å²) in [4.78, 5) is 0. The van der Waals surface area contributed by atoms with Gasteiger partial charge in [-0.2, -0.15) is 0 Å². The van der Waals surface area contributed by atoms with Crippen LogP contribution in [-0.2, 0) is 0 Å². The number of hydrogen-bond acceptors (Lipinski definition) is 0. The van der Waals surface area contributed by atoms with Gasteiger partial charge in [0.2, 0.25) is 0 Å². The summed E-state index contributed by atoms with van der Waals surface area (Å²) in [6, 6.07) is 0. The van der Waals surface area contributed by atoms with Crippen LogP contribution in [0.1, 0.15) is 51.9 Å². The predicted octanol–water partition coefficient (Wildman–Crippen LogP) is 4.73. The Morgan fingerprint density at radius 3 is 2.38 bits per heavy atom. The molecule has 0 aliphatic carbocycles. The van der Waals surface area contributed by atoms with Crippen LogP contribution in [0.25, 0.3) is 0 Å². The molecule has 0 aliphatic rings. The minimum Gasteiger partial charge on any atom is -0.307 e. The van der Waals surface area contributed by atoms with Crippen molar-refractivity contribution in [3.05, 3.63) is 12.2 Å². The van der Waals surface area contributed by atoms with E-state index in [4.69, 9.17) is 0 Å². The Morgan fingerprint density at radius 1 is 1.00 bits per heavy atom. The topological polar surface area (TPSA) is 0 Å². The van der Waals surface area contributed by atoms with Crippen molar-refractivity contribution in [2.45, 2.75) is 56.4 Å². The van der Waals surface area contributed by atoms with E-state index in [2.05, 4.69) is 32.0 Å². The molecular formula is C11H21BrMg. The molecule has 0 N–H and O–H groups in total. The molecule has 0 saturated carbocycles. The second-order valence-electron chi connectivity index (χ2n) is 3.48.